The molecule has 4 nitrogen and oxygen atoms in total. The van der Waals surface area contributed by atoms with E-state index in [0.717, 1.165) is 22.4 Å². The van der Waals surface area contributed by atoms with E-state index < -0.39 is 0 Å². The fraction of sp³-hybridized carbons (Fsp3) is 0.133. The highest BCUT2D eigenvalue weighted by Crippen LogP contribution is 2.26. The molecule has 0 saturated carbocycles. The van der Waals surface area contributed by atoms with Crippen LogP contribution in [0.5, 0.6) is 0 Å². The van der Waals surface area contributed by atoms with Crippen LogP contribution in [0.2, 0.25) is 5.28 Å². The third kappa shape index (κ3) is 3.34. The second-order valence-electron chi connectivity index (χ2n) is 4.33. The number of aryl methyl sites for hydroxylation is 2. The predicted molar refractivity (Wildman–Crippen MR) is 80.9 cm³/mol. The van der Waals surface area contributed by atoms with Crippen LogP contribution in [-0.2, 0) is 0 Å². The molecular weight excluding hydrogens is 272 g/mol. The van der Waals surface area contributed by atoms with E-state index in [0.29, 0.717) is 5.82 Å². The first-order valence-corrected chi connectivity index (χ1v) is 6.41. The molecule has 5 heteroatoms. The number of nitriles is 1. The molecular formula is C15H13ClN4. The van der Waals surface area contributed by atoms with Gasteiger partial charge in [0.25, 0.3) is 0 Å². The summed E-state index contributed by atoms with van der Waals surface area (Å²) in [5.41, 5.74) is 4.11. The van der Waals surface area contributed by atoms with E-state index in [1.807, 2.05) is 32.0 Å². The average molecular weight is 285 g/mol. The molecule has 0 atom stereocenters. The molecule has 1 heterocycles. The first-order valence-electron chi connectivity index (χ1n) is 6.03. The van der Waals surface area contributed by atoms with Gasteiger partial charge < -0.3 is 5.32 Å². The third-order valence-corrected chi connectivity index (χ3v) is 2.97. The maximum absolute atomic E-state index is 8.57. The normalized spacial score (nSPS) is 10.5. The molecule has 0 aliphatic heterocycles. The van der Waals surface area contributed by atoms with Gasteiger partial charge in [-0.3, -0.25) is 0 Å². The molecule has 0 fully saturated rings. The summed E-state index contributed by atoms with van der Waals surface area (Å²) in [4.78, 5) is 7.96. The maximum Gasteiger partial charge on any atom is 0.224 e. The molecule has 1 aromatic heterocycles. The number of allylic oxidation sites excluding steroid dienone is 1. The molecule has 0 amide bonds. The SMILES string of the molecule is Cc1cc(C=CC#N)cc(C)c1Nc1ccnc(Cl)n1. The molecule has 0 aliphatic carbocycles. The van der Waals surface area contributed by atoms with E-state index in [1.54, 1.807) is 18.3 Å². The van der Waals surface area contributed by atoms with Crippen LogP contribution in [-0.4, -0.2) is 9.97 Å². The van der Waals surface area contributed by atoms with Crippen LogP contribution < -0.4 is 5.32 Å². The number of rotatable bonds is 3. The van der Waals surface area contributed by atoms with Crippen LogP contribution in [0.15, 0.2) is 30.5 Å². The molecule has 1 aromatic carbocycles. The Hall–Kier alpha value is -2.38. The van der Waals surface area contributed by atoms with E-state index in [2.05, 4.69) is 15.3 Å². The first-order chi connectivity index (χ1) is 9.60. The van der Waals surface area contributed by atoms with Crippen molar-refractivity contribution in [2.45, 2.75) is 13.8 Å². The molecule has 0 saturated heterocycles. The Kier molecular flexibility index (Phi) is 4.34. The number of hydrogen-bond donors (Lipinski definition) is 1. The van der Waals surface area contributed by atoms with Crippen molar-refractivity contribution in [2.24, 2.45) is 0 Å². The third-order valence-electron chi connectivity index (χ3n) is 2.78. The van der Waals surface area contributed by atoms with Gasteiger partial charge in [0.1, 0.15) is 5.82 Å². The standard InChI is InChI=1S/C15H13ClN4/c1-10-8-12(4-3-6-17)9-11(2)14(10)19-13-5-7-18-15(16)20-13/h3-5,7-9H,1-2H3,(H,18,19,20). The van der Waals surface area contributed by atoms with Crippen molar-refractivity contribution in [1.29, 1.82) is 5.26 Å². The number of nitrogens with zero attached hydrogens (tertiary/aromatic N) is 3. The van der Waals surface area contributed by atoms with Crippen molar-refractivity contribution >= 4 is 29.2 Å². The molecule has 20 heavy (non-hydrogen) atoms. The van der Waals surface area contributed by atoms with Crippen LogP contribution in [0.4, 0.5) is 11.5 Å². The lowest BCUT2D eigenvalue weighted by molar-refractivity contribution is 1.16. The monoisotopic (exact) mass is 284 g/mol. The van der Waals surface area contributed by atoms with E-state index in [4.69, 9.17) is 16.9 Å². The molecule has 100 valence electrons. The molecule has 2 rings (SSSR count). The van der Waals surface area contributed by atoms with Crippen LogP contribution in [0.1, 0.15) is 16.7 Å². The van der Waals surface area contributed by atoms with Gasteiger partial charge in [-0.05, 0) is 66.4 Å². The van der Waals surface area contributed by atoms with Crippen molar-refractivity contribution in [3.05, 3.63) is 52.4 Å². The van der Waals surface area contributed by atoms with E-state index in [-0.39, 0.29) is 5.28 Å². The fourth-order valence-electron chi connectivity index (χ4n) is 1.96. The molecule has 0 radical (unpaired) electrons. The summed E-state index contributed by atoms with van der Waals surface area (Å²) >= 11 is 5.77. The summed E-state index contributed by atoms with van der Waals surface area (Å²) in [5, 5.41) is 12.0. The van der Waals surface area contributed by atoms with Gasteiger partial charge in [0.15, 0.2) is 0 Å². The number of hydrogen-bond acceptors (Lipinski definition) is 4. The lowest BCUT2D eigenvalue weighted by Crippen LogP contribution is -1.99. The van der Waals surface area contributed by atoms with Crippen LogP contribution in [0.3, 0.4) is 0 Å². The van der Waals surface area contributed by atoms with Gasteiger partial charge >= 0.3 is 0 Å². The number of halogens is 1. The highest BCUT2D eigenvalue weighted by Gasteiger charge is 2.06. The van der Waals surface area contributed by atoms with Crippen LogP contribution >= 0.6 is 11.6 Å². The van der Waals surface area contributed by atoms with Crippen molar-refractivity contribution < 1.29 is 0 Å². The molecule has 0 spiro atoms. The largest absolute Gasteiger partial charge is 0.340 e. The quantitative estimate of drug-likeness (QED) is 0.683. The Balaban J connectivity index is 2.34. The summed E-state index contributed by atoms with van der Waals surface area (Å²) in [6.07, 6.45) is 4.85. The van der Waals surface area contributed by atoms with E-state index in [9.17, 15) is 0 Å². The van der Waals surface area contributed by atoms with E-state index >= 15 is 0 Å². The summed E-state index contributed by atoms with van der Waals surface area (Å²) < 4.78 is 0. The lowest BCUT2D eigenvalue weighted by Gasteiger charge is -2.13. The lowest BCUT2D eigenvalue weighted by atomic mass is 10.0. The van der Waals surface area contributed by atoms with Gasteiger partial charge in [0.05, 0.1) is 6.07 Å². The molecule has 0 aliphatic rings. The highest BCUT2D eigenvalue weighted by atomic mass is 35.5. The summed E-state index contributed by atoms with van der Waals surface area (Å²) in [6.45, 7) is 4.00. The maximum atomic E-state index is 8.57. The first kappa shape index (κ1) is 14.0. The summed E-state index contributed by atoms with van der Waals surface area (Å²) in [7, 11) is 0. The van der Waals surface area contributed by atoms with Gasteiger partial charge in [0, 0.05) is 18.0 Å². The number of anilines is 2. The zero-order chi connectivity index (χ0) is 14.5. The van der Waals surface area contributed by atoms with Gasteiger partial charge in [0.2, 0.25) is 5.28 Å². The number of nitrogens with one attached hydrogen (secondary N) is 1. The second kappa shape index (κ2) is 6.18. The zero-order valence-corrected chi connectivity index (χ0v) is 11.9. The topological polar surface area (TPSA) is 61.6 Å². The van der Waals surface area contributed by atoms with Gasteiger partial charge in [-0.2, -0.15) is 5.26 Å². The highest BCUT2D eigenvalue weighted by molar-refractivity contribution is 6.28. The van der Waals surface area contributed by atoms with Crippen LogP contribution in [0, 0.1) is 25.2 Å². The van der Waals surface area contributed by atoms with Crippen LogP contribution in [0.25, 0.3) is 6.08 Å². The fourth-order valence-corrected chi connectivity index (χ4v) is 2.10. The van der Waals surface area contributed by atoms with Gasteiger partial charge in [-0.25, -0.2) is 9.97 Å². The summed E-state index contributed by atoms with van der Waals surface area (Å²) in [5.74, 6) is 0.650. The molecule has 1 N–H and O–H groups in total. The van der Waals surface area contributed by atoms with Gasteiger partial charge in [-0.1, -0.05) is 0 Å². The molecule has 0 bridgehead atoms. The van der Waals surface area contributed by atoms with Crippen molar-refractivity contribution in [1.82, 2.24) is 9.97 Å². The average Bonchev–Trinajstić information content (AvgIpc) is 2.40. The molecule has 0 unspecified atom stereocenters. The Morgan fingerprint density at radius 1 is 1.30 bits per heavy atom. The van der Waals surface area contributed by atoms with Gasteiger partial charge in [-0.15, -0.1) is 0 Å². The Labute approximate surface area is 122 Å². The smallest absolute Gasteiger partial charge is 0.224 e. The zero-order valence-electron chi connectivity index (χ0n) is 11.2. The summed E-state index contributed by atoms with van der Waals surface area (Å²) in [6, 6.07) is 7.76. The van der Waals surface area contributed by atoms with Crippen molar-refractivity contribution in [3.8, 4) is 6.07 Å². The number of benzene rings is 1. The minimum atomic E-state index is 0.207. The van der Waals surface area contributed by atoms with E-state index in [1.165, 1.54) is 6.08 Å². The predicted octanol–water partition coefficient (Wildman–Crippen LogP) is 4.03. The number of aromatic nitrogens is 2. The van der Waals surface area contributed by atoms with Crippen molar-refractivity contribution in [2.75, 3.05) is 5.32 Å². The Morgan fingerprint density at radius 2 is 2.00 bits per heavy atom. The Bertz CT molecular complexity index is 678. The second-order valence-corrected chi connectivity index (χ2v) is 4.67. The molecule has 2 aromatic rings. The minimum absolute atomic E-state index is 0.207. The van der Waals surface area contributed by atoms with Crippen molar-refractivity contribution in [3.63, 3.8) is 0 Å². The Morgan fingerprint density at radius 3 is 2.60 bits per heavy atom. The minimum Gasteiger partial charge on any atom is -0.340 e.